The summed E-state index contributed by atoms with van der Waals surface area (Å²) in [6.45, 7) is 1.83. The SMILES string of the molecule is Cc1ncn(-c2ccc(-c3ccc(N(C)C4C[C@H]5CC[C@@H](C4)N5)nn3)c(O)c2)n1. The van der Waals surface area contributed by atoms with E-state index >= 15 is 0 Å². The van der Waals surface area contributed by atoms with Gasteiger partial charge < -0.3 is 15.3 Å². The zero-order valence-electron chi connectivity index (χ0n) is 16.7. The molecule has 5 rings (SSSR count). The van der Waals surface area contributed by atoms with Gasteiger partial charge in [0.25, 0.3) is 0 Å². The van der Waals surface area contributed by atoms with Crippen LogP contribution in [0.4, 0.5) is 5.82 Å². The minimum atomic E-state index is 0.140. The Bertz CT molecular complexity index is 1000. The minimum Gasteiger partial charge on any atom is -0.507 e. The van der Waals surface area contributed by atoms with Crippen molar-refractivity contribution in [3.63, 3.8) is 0 Å². The van der Waals surface area contributed by atoms with E-state index in [1.807, 2.05) is 31.2 Å². The number of benzene rings is 1. The molecule has 1 aromatic carbocycles. The largest absolute Gasteiger partial charge is 0.507 e. The highest BCUT2D eigenvalue weighted by Crippen LogP contribution is 2.32. The third-order valence-electron chi connectivity index (χ3n) is 6.14. The van der Waals surface area contributed by atoms with E-state index in [2.05, 4.69) is 37.5 Å². The van der Waals surface area contributed by atoms with Crippen LogP contribution in [0.5, 0.6) is 5.75 Å². The molecule has 150 valence electrons. The van der Waals surface area contributed by atoms with Gasteiger partial charge in [-0.1, -0.05) is 0 Å². The molecule has 0 amide bonds. The molecule has 8 nitrogen and oxygen atoms in total. The molecule has 3 atom stereocenters. The number of phenolic OH excluding ortho intramolecular Hbond substituents is 1. The average Bonchev–Trinajstić information content (AvgIpc) is 3.32. The first kappa shape index (κ1) is 18.1. The van der Waals surface area contributed by atoms with Gasteiger partial charge in [-0.2, -0.15) is 5.10 Å². The van der Waals surface area contributed by atoms with Crippen molar-refractivity contribution in [1.29, 1.82) is 0 Å². The van der Waals surface area contributed by atoms with Crippen LogP contribution < -0.4 is 10.2 Å². The van der Waals surface area contributed by atoms with Crippen LogP contribution in [-0.2, 0) is 0 Å². The molecular formula is C21H25N7O. The van der Waals surface area contributed by atoms with Crippen molar-refractivity contribution in [2.24, 2.45) is 0 Å². The lowest BCUT2D eigenvalue weighted by Crippen LogP contribution is -2.47. The summed E-state index contributed by atoms with van der Waals surface area (Å²) in [5, 5.41) is 27.3. The Labute approximate surface area is 169 Å². The molecule has 29 heavy (non-hydrogen) atoms. The van der Waals surface area contributed by atoms with Crippen molar-refractivity contribution in [2.75, 3.05) is 11.9 Å². The molecule has 2 aliphatic heterocycles. The lowest BCUT2D eigenvalue weighted by Gasteiger charge is -2.36. The van der Waals surface area contributed by atoms with Crippen molar-refractivity contribution in [3.8, 4) is 22.7 Å². The summed E-state index contributed by atoms with van der Waals surface area (Å²) in [4.78, 5) is 6.37. The van der Waals surface area contributed by atoms with Crippen LogP contribution in [-0.4, -0.2) is 55.2 Å². The number of fused-ring (bicyclic) bond motifs is 2. The molecule has 0 radical (unpaired) electrons. The highest BCUT2D eigenvalue weighted by molar-refractivity contribution is 5.69. The Morgan fingerprint density at radius 1 is 1.10 bits per heavy atom. The zero-order valence-corrected chi connectivity index (χ0v) is 16.7. The second kappa shape index (κ2) is 7.11. The fourth-order valence-corrected chi connectivity index (χ4v) is 4.54. The summed E-state index contributed by atoms with van der Waals surface area (Å²) in [6.07, 6.45) is 6.49. The van der Waals surface area contributed by atoms with Gasteiger partial charge >= 0.3 is 0 Å². The molecule has 2 aliphatic rings. The zero-order chi connectivity index (χ0) is 20.0. The maximum Gasteiger partial charge on any atom is 0.151 e. The Kier molecular flexibility index (Phi) is 4.43. The second-order valence-corrected chi connectivity index (χ2v) is 8.09. The van der Waals surface area contributed by atoms with Crippen LogP contribution in [0.1, 0.15) is 31.5 Å². The van der Waals surface area contributed by atoms with Crippen molar-refractivity contribution >= 4 is 5.82 Å². The fraction of sp³-hybridized carbons (Fsp3) is 0.429. The van der Waals surface area contributed by atoms with E-state index in [1.165, 1.54) is 12.8 Å². The first-order chi connectivity index (χ1) is 14.1. The fourth-order valence-electron chi connectivity index (χ4n) is 4.54. The molecule has 2 fully saturated rings. The lowest BCUT2D eigenvalue weighted by molar-refractivity contribution is 0.353. The molecule has 2 saturated heterocycles. The number of phenols is 1. The van der Waals surface area contributed by atoms with Crippen molar-refractivity contribution in [2.45, 2.75) is 50.7 Å². The Hall–Kier alpha value is -3.00. The first-order valence-electron chi connectivity index (χ1n) is 10.1. The van der Waals surface area contributed by atoms with Crippen molar-refractivity contribution in [1.82, 2.24) is 30.3 Å². The van der Waals surface area contributed by atoms with Crippen LogP contribution in [0.25, 0.3) is 16.9 Å². The molecule has 2 aromatic heterocycles. The third-order valence-corrected chi connectivity index (χ3v) is 6.14. The van der Waals surface area contributed by atoms with Gasteiger partial charge in [0, 0.05) is 36.8 Å². The number of aryl methyl sites for hydroxylation is 1. The Morgan fingerprint density at radius 2 is 1.90 bits per heavy atom. The van der Waals surface area contributed by atoms with Crippen LogP contribution in [0.15, 0.2) is 36.7 Å². The van der Waals surface area contributed by atoms with Crippen molar-refractivity contribution in [3.05, 3.63) is 42.5 Å². The Balaban J connectivity index is 1.34. The number of piperidine rings is 1. The van der Waals surface area contributed by atoms with E-state index in [-0.39, 0.29) is 5.75 Å². The predicted molar refractivity (Wildman–Crippen MR) is 110 cm³/mol. The highest BCUT2D eigenvalue weighted by atomic mass is 16.3. The smallest absolute Gasteiger partial charge is 0.151 e. The molecule has 3 aromatic rings. The summed E-state index contributed by atoms with van der Waals surface area (Å²) < 4.78 is 1.63. The van der Waals surface area contributed by atoms with Gasteiger partial charge in [-0.05, 0) is 56.9 Å². The molecule has 0 spiro atoms. The van der Waals surface area contributed by atoms with Gasteiger partial charge in [0.1, 0.15) is 17.9 Å². The molecule has 2 N–H and O–H groups in total. The number of hydrogen-bond acceptors (Lipinski definition) is 7. The molecule has 8 heteroatoms. The number of nitrogens with one attached hydrogen (secondary N) is 1. The van der Waals surface area contributed by atoms with Gasteiger partial charge in [0.2, 0.25) is 0 Å². The molecule has 4 heterocycles. The number of nitrogens with zero attached hydrogens (tertiary/aromatic N) is 6. The van der Waals surface area contributed by atoms with E-state index in [9.17, 15) is 5.11 Å². The van der Waals surface area contributed by atoms with E-state index in [4.69, 9.17) is 0 Å². The van der Waals surface area contributed by atoms with Gasteiger partial charge in [0.05, 0.1) is 11.4 Å². The first-order valence-corrected chi connectivity index (χ1v) is 10.1. The van der Waals surface area contributed by atoms with Crippen LogP contribution in [0.3, 0.4) is 0 Å². The monoisotopic (exact) mass is 391 g/mol. The normalized spacial score (nSPS) is 23.3. The molecule has 0 aliphatic carbocycles. The lowest BCUT2D eigenvalue weighted by atomic mass is 9.98. The number of hydrogen-bond donors (Lipinski definition) is 2. The summed E-state index contributed by atoms with van der Waals surface area (Å²) in [6, 6.07) is 11.1. The summed E-state index contributed by atoms with van der Waals surface area (Å²) in [7, 11) is 2.10. The summed E-state index contributed by atoms with van der Waals surface area (Å²) in [5.41, 5.74) is 2.04. The standard InChI is InChI=1S/C21H25N7O/c1-13-22-12-28(26-13)16-5-6-18(20(29)11-16)19-7-8-21(25-24-19)27(2)17-9-14-3-4-15(10-17)23-14/h5-8,11-12,14-15,17,23,29H,3-4,9-10H2,1-2H3/t14-,15+,17?. The van der Waals surface area contributed by atoms with Crippen molar-refractivity contribution < 1.29 is 5.11 Å². The number of rotatable bonds is 4. The maximum atomic E-state index is 10.5. The molecule has 2 bridgehead atoms. The van der Waals surface area contributed by atoms with E-state index < -0.39 is 0 Å². The number of anilines is 1. The van der Waals surface area contributed by atoms with Gasteiger partial charge in [-0.25, -0.2) is 9.67 Å². The van der Waals surface area contributed by atoms with E-state index in [1.54, 1.807) is 17.1 Å². The van der Waals surface area contributed by atoms with Gasteiger partial charge in [0.15, 0.2) is 5.82 Å². The van der Waals surface area contributed by atoms with Crippen LogP contribution in [0.2, 0.25) is 0 Å². The van der Waals surface area contributed by atoms with Gasteiger partial charge in [-0.3, -0.25) is 0 Å². The average molecular weight is 391 g/mol. The summed E-state index contributed by atoms with van der Waals surface area (Å²) >= 11 is 0. The van der Waals surface area contributed by atoms with E-state index in [0.29, 0.717) is 35.2 Å². The quantitative estimate of drug-likeness (QED) is 0.706. The topological polar surface area (TPSA) is 92.0 Å². The maximum absolute atomic E-state index is 10.5. The molecular weight excluding hydrogens is 366 g/mol. The molecule has 1 unspecified atom stereocenters. The number of aromatic nitrogens is 5. The number of aromatic hydroxyl groups is 1. The summed E-state index contributed by atoms with van der Waals surface area (Å²) in [5.74, 6) is 1.69. The molecule has 0 saturated carbocycles. The minimum absolute atomic E-state index is 0.140. The second-order valence-electron chi connectivity index (χ2n) is 8.09. The third kappa shape index (κ3) is 3.44. The van der Waals surface area contributed by atoms with E-state index in [0.717, 1.165) is 24.3 Å². The van der Waals surface area contributed by atoms with Gasteiger partial charge in [-0.15, -0.1) is 10.2 Å². The highest BCUT2D eigenvalue weighted by Gasteiger charge is 2.35. The van der Waals surface area contributed by atoms with Crippen LogP contribution in [0, 0.1) is 6.92 Å². The van der Waals surface area contributed by atoms with Crippen LogP contribution >= 0.6 is 0 Å². The predicted octanol–water partition coefficient (Wildman–Crippen LogP) is 2.46. The Morgan fingerprint density at radius 3 is 2.52 bits per heavy atom.